The second kappa shape index (κ2) is 11.8. The zero-order valence-electron chi connectivity index (χ0n) is 17.4. The summed E-state index contributed by atoms with van der Waals surface area (Å²) in [6.07, 6.45) is 3.40. The minimum atomic E-state index is 0.475. The van der Waals surface area contributed by atoms with Crippen molar-refractivity contribution >= 4 is 11.8 Å². The third-order valence-electron chi connectivity index (χ3n) is 4.74. The molecule has 0 amide bonds. The SMILES string of the molecule is CCNC(=NCc1cccc(N(C)C)n1)NC1CCN(CCCOC)CC1. The molecule has 0 spiro atoms. The van der Waals surface area contributed by atoms with Gasteiger partial charge in [-0.2, -0.15) is 0 Å². The molecule has 0 aliphatic carbocycles. The van der Waals surface area contributed by atoms with E-state index in [1.807, 2.05) is 37.2 Å². The number of anilines is 1. The predicted octanol–water partition coefficient (Wildman–Crippen LogP) is 1.70. The number of aliphatic imine (C=N–C) groups is 1. The average Bonchev–Trinajstić information content (AvgIpc) is 2.68. The van der Waals surface area contributed by atoms with Gasteiger partial charge < -0.3 is 25.2 Å². The van der Waals surface area contributed by atoms with Crippen LogP contribution in [0.5, 0.6) is 0 Å². The minimum Gasteiger partial charge on any atom is -0.385 e. The van der Waals surface area contributed by atoms with Crippen LogP contribution < -0.4 is 15.5 Å². The zero-order valence-corrected chi connectivity index (χ0v) is 17.4. The highest BCUT2D eigenvalue weighted by molar-refractivity contribution is 5.80. The number of hydrogen-bond acceptors (Lipinski definition) is 5. The Morgan fingerprint density at radius 3 is 2.78 bits per heavy atom. The van der Waals surface area contributed by atoms with Gasteiger partial charge in [0.15, 0.2) is 5.96 Å². The monoisotopic (exact) mass is 376 g/mol. The lowest BCUT2D eigenvalue weighted by molar-refractivity contribution is 0.155. The van der Waals surface area contributed by atoms with Crippen molar-refractivity contribution in [2.45, 2.75) is 38.8 Å². The molecule has 7 heteroatoms. The third-order valence-corrected chi connectivity index (χ3v) is 4.74. The van der Waals surface area contributed by atoms with Crippen LogP contribution in [0.3, 0.4) is 0 Å². The van der Waals surface area contributed by atoms with Gasteiger partial charge in [-0.15, -0.1) is 0 Å². The largest absolute Gasteiger partial charge is 0.385 e. The number of hydrogen-bond donors (Lipinski definition) is 2. The molecular weight excluding hydrogens is 340 g/mol. The summed E-state index contributed by atoms with van der Waals surface area (Å²) in [7, 11) is 5.77. The number of nitrogens with one attached hydrogen (secondary N) is 2. The van der Waals surface area contributed by atoms with Crippen LogP contribution in [0, 0.1) is 0 Å². The number of nitrogens with zero attached hydrogens (tertiary/aromatic N) is 4. The molecule has 0 radical (unpaired) electrons. The molecule has 1 saturated heterocycles. The highest BCUT2D eigenvalue weighted by atomic mass is 16.5. The van der Waals surface area contributed by atoms with E-state index in [-0.39, 0.29) is 0 Å². The average molecular weight is 377 g/mol. The van der Waals surface area contributed by atoms with Crippen molar-refractivity contribution < 1.29 is 4.74 Å². The van der Waals surface area contributed by atoms with Crippen molar-refractivity contribution in [2.75, 3.05) is 58.9 Å². The Labute approximate surface area is 164 Å². The topological polar surface area (TPSA) is 65.0 Å². The first-order valence-corrected chi connectivity index (χ1v) is 10.0. The summed E-state index contributed by atoms with van der Waals surface area (Å²) in [6.45, 7) is 7.77. The Morgan fingerprint density at radius 1 is 1.33 bits per heavy atom. The number of aromatic nitrogens is 1. The van der Waals surface area contributed by atoms with Gasteiger partial charge >= 0.3 is 0 Å². The van der Waals surface area contributed by atoms with Crippen LogP contribution in [0.1, 0.15) is 31.9 Å². The second-order valence-corrected chi connectivity index (χ2v) is 7.18. The molecule has 152 valence electrons. The maximum Gasteiger partial charge on any atom is 0.191 e. The summed E-state index contributed by atoms with van der Waals surface area (Å²) in [6, 6.07) is 6.55. The van der Waals surface area contributed by atoms with Crippen molar-refractivity contribution in [1.29, 1.82) is 0 Å². The molecule has 0 unspecified atom stereocenters. The van der Waals surface area contributed by atoms with Crippen LogP contribution in [0.2, 0.25) is 0 Å². The molecule has 1 aliphatic rings. The lowest BCUT2D eigenvalue weighted by Crippen LogP contribution is -2.48. The van der Waals surface area contributed by atoms with Crippen LogP contribution in [-0.4, -0.2) is 75.9 Å². The Kier molecular flexibility index (Phi) is 9.35. The van der Waals surface area contributed by atoms with Gasteiger partial charge in [0, 0.05) is 60.0 Å². The van der Waals surface area contributed by atoms with E-state index < -0.39 is 0 Å². The van der Waals surface area contributed by atoms with Crippen LogP contribution in [0.4, 0.5) is 5.82 Å². The number of likely N-dealkylation sites (tertiary alicyclic amines) is 1. The summed E-state index contributed by atoms with van der Waals surface area (Å²) in [5.41, 5.74) is 0.978. The highest BCUT2D eigenvalue weighted by Gasteiger charge is 2.19. The molecule has 7 nitrogen and oxygen atoms in total. The van der Waals surface area contributed by atoms with Crippen LogP contribution in [0.15, 0.2) is 23.2 Å². The number of rotatable bonds is 9. The molecule has 2 heterocycles. The molecule has 27 heavy (non-hydrogen) atoms. The molecule has 1 aliphatic heterocycles. The first kappa shape index (κ1) is 21.4. The van der Waals surface area contributed by atoms with Crippen LogP contribution in [0.25, 0.3) is 0 Å². The number of methoxy groups -OCH3 is 1. The second-order valence-electron chi connectivity index (χ2n) is 7.18. The van der Waals surface area contributed by atoms with Gasteiger partial charge in [-0.3, -0.25) is 0 Å². The van der Waals surface area contributed by atoms with Crippen molar-refractivity contribution in [2.24, 2.45) is 4.99 Å². The van der Waals surface area contributed by atoms with Crippen LogP contribution >= 0.6 is 0 Å². The van der Waals surface area contributed by atoms with Gasteiger partial charge in [0.25, 0.3) is 0 Å². The maximum absolute atomic E-state index is 5.15. The molecule has 0 saturated carbocycles. The number of piperidine rings is 1. The number of guanidine groups is 1. The molecule has 1 aromatic heterocycles. The van der Waals surface area contributed by atoms with E-state index in [2.05, 4.69) is 27.4 Å². The summed E-state index contributed by atoms with van der Waals surface area (Å²) < 4.78 is 5.15. The molecule has 0 aromatic carbocycles. The van der Waals surface area contributed by atoms with Crippen molar-refractivity contribution in [3.8, 4) is 0 Å². The molecule has 0 atom stereocenters. The summed E-state index contributed by atoms with van der Waals surface area (Å²) in [5.74, 6) is 1.84. The fourth-order valence-electron chi connectivity index (χ4n) is 3.21. The summed E-state index contributed by atoms with van der Waals surface area (Å²) in [4.78, 5) is 13.9. The molecular formula is C20H36N6O. The number of ether oxygens (including phenoxy) is 1. The maximum atomic E-state index is 5.15. The molecule has 2 rings (SSSR count). The molecule has 0 bridgehead atoms. The van der Waals surface area contributed by atoms with E-state index in [9.17, 15) is 0 Å². The van der Waals surface area contributed by atoms with Gasteiger partial charge in [0.2, 0.25) is 0 Å². The Bertz CT molecular complexity index is 569. The normalized spacial score (nSPS) is 16.4. The van der Waals surface area contributed by atoms with E-state index in [0.717, 1.165) is 69.5 Å². The smallest absolute Gasteiger partial charge is 0.191 e. The van der Waals surface area contributed by atoms with Gasteiger partial charge in [-0.25, -0.2) is 9.98 Å². The Morgan fingerprint density at radius 2 is 2.11 bits per heavy atom. The first-order chi connectivity index (χ1) is 13.1. The van der Waals surface area contributed by atoms with Crippen molar-refractivity contribution in [1.82, 2.24) is 20.5 Å². The molecule has 2 N–H and O–H groups in total. The van der Waals surface area contributed by atoms with E-state index in [4.69, 9.17) is 9.73 Å². The lowest BCUT2D eigenvalue weighted by atomic mass is 10.1. The first-order valence-electron chi connectivity index (χ1n) is 10.0. The Balaban J connectivity index is 1.84. The predicted molar refractivity (Wildman–Crippen MR) is 112 cm³/mol. The quantitative estimate of drug-likeness (QED) is 0.389. The molecule has 1 fully saturated rings. The van der Waals surface area contributed by atoms with Gasteiger partial charge in [-0.1, -0.05) is 6.07 Å². The third kappa shape index (κ3) is 7.72. The summed E-state index contributed by atoms with van der Waals surface area (Å²) >= 11 is 0. The van der Waals surface area contributed by atoms with Crippen LogP contribution in [-0.2, 0) is 11.3 Å². The van der Waals surface area contributed by atoms with E-state index in [1.54, 1.807) is 7.11 Å². The fraction of sp³-hybridized carbons (Fsp3) is 0.700. The highest BCUT2D eigenvalue weighted by Crippen LogP contribution is 2.11. The van der Waals surface area contributed by atoms with E-state index in [1.165, 1.54) is 0 Å². The van der Waals surface area contributed by atoms with Crippen molar-refractivity contribution in [3.05, 3.63) is 23.9 Å². The fourth-order valence-corrected chi connectivity index (χ4v) is 3.21. The number of pyridine rings is 1. The van der Waals surface area contributed by atoms with E-state index in [0.29, 0.717) is 12.6 Å². The van der Waals surface area contributed by atoms with Gasteiger partial charge in [0.05, 0.1) is 12.2 Å². The minimum absolute atomic E-state index is 0.475. The lowest BCUT2D eigenvalue weighted by Gasteiger charge is -2.33. The standard InChI is InChI=1S/C20H36N6O/c1-5-21-20(22-16-18-8-6-9-19(23-18)25(2)3)24-17-10-13-26(14-11-17)12-7-15-27-4/h6,8-9,17H,5,7,10-16H2,1-4H3,(H2,21,22,24). The molecule has 1 aromatic rings. The van der Waals surface area contributed by atoms with Crippen molar-refractivity contribution in [3.63, 3.8) is 0 Å². The zero-order chi connectivity index (χ0) is 19.5. The van der Waals surface area contributed by atoms with Gasteiger partial charge in [0.1, 0.15) is 5.82 Å². The Hall–Kier alpha value is -1.86. The van der Waals surface area contributed by atoms with E-state index >= 15 is 0 Å². The van der Waals surface area contributed by atoms with Gasteiger partial charge in [-0.05, 0) is 38.3 Å². The summed E-state index contributed by atoms with van der Waals surface area (Å²) in [5, 5.41) is 6.96.